The molecule has 9 heteroatoms. The van der Waals surface area contributed by atoms with Gasteiger partial charge in [-0.05, 0) is 12.5 Å². The van der Waals surface area contributed by atoms with Gasteiger partial charge in [0.25, 0.3) is 5.91 Å². The van der Waals surface area contributed by atoms with E-state index in [1.807, 2.05) is 19.3 Å². The third kappa shape index (κ3) is 2.15. The van der Waals surface area contributed by atoms with E-state index in [4.69, 9.17) is 5.73 Å². The van der Waals surface area contributed by atoms with Crippen LogP contribution in [-0.4, -0.2) is 49.5 Å². The SMILES string of the molecule is Cn1ccc(C2c3c(nn4c3C(=O)NCCC4)CCN2C(N)=O)n1. The summed E-state index contributed by atoms with van der Waals surface area (Å²) in [6.07, 6.45) is 3.22. The molecule has 4 rings (SSSR count). The molecule has 0 spiro atoms. The second-order valence-electron chi connectivity index (χ2n) is 6.14. The summed E-state index contributed by atoms with van der Waals surface area (Å²) in [6, 6.07) is 0.833. The Morgan fingerprint density at radius 2 is 2.21 bits per heavy atom. The van der Waals surface area contributed by atoms with E-state index in [1.54, 1.807) is 14.3 Å². The van der Waals surface area contributed by atoms with E-state index in [1.165, 1.54) is 0 Å². The van der Waals surface area contributed by atoms with Gasteiger partial charge in [0.05, 0.1) is 11.4 Å². The fourth-order valence-electron chi connectivity index (χ4n) is 3.55. The van der Waals surface area contributed by atoms with Gasteiger partial charge in [-0.15, -0.1) is 0 Å². The summed E-state index contributed by atoms with van der Waals surface area (Å²) in [5.74, 6) is -0.159. The van der Waals surface area contributed by atoms with Crippen molar-refractivity contribution in [3.05, 3.63) is 34.9 Å². The molecular weight excluding hydrogens is 310 g/mol. The van der Waals surface area contributed by atoms with Crippen LogP contribution in [-0.2, 0) is 20.0 Å². The predicted octanol–water partition coefficient (Wildman–Crippen LogP) is -0.224. The summed E-state index contributed by atoms with van der Waals surface area (Å²) < 4.78 is 3.43. The molecule has 1 atom stereocenters. The quantitative estimate of drug-likeness (QED) is 0.753. The number of hydrogen-bond donors (Lipinski definition) is 2. The second kappa shape index (κ2) is 5.36. The van der Waals surface area contributed by atoms with Gasteiger partial charge in [-0.1, -0.05) is 0 Å². The molecule has 2 aromatic heterocycles. The number of carbonyl (C=O) groups excluding carboxylic acids is 2. The highest BCUT2D eigenvalue weighted by Crippen LogP contribution is 2.36. The summed E-state index contributed by atoms with van der Waals surface area (Å²) >= 11 is 0. The van der Waals surface area contributed by atoms with Crippen molar-refractivity contribution in [1.29, 1.82) is 0 Å². The van der Waals surface area contributed by atoms with E-state index in [2.05, 4.69) is 15.5 Å². The van der Waals surface area contributed by atoms with Gasteiger partial charge in [-0.25, -0.2) is 4.79 Å². The van der Waals surface area contributed by atoms with Crippen LogP contribution in [0.4, 0.5) is 4.79 Å². The number of fused-ring (bicyclic) bond motifs is 3. The maximum absolute atomic E-state index is 12.6. The van der Waals surface area contributed by atoms with Gasteiger partial charge in [0.15, 0.2) is 0 Å². The van der Waals surface area contributed by atoms with E-state index in [9.17, 15) is 9.59 Å². The molecule has 9 nitrogen and oxygen atoms in total. The number of nitrogens with two attached hydrogens (primary N) is 1. The molecule has 2 aliphatic rings. The predicted molar refractivity (Wildman–Crippen MR) is 84.2 cm³/mol. The maximum Gasteiger partial charge on any atom is 0.315 e. The highest BCUT2D eigenvalue weighted by Gasteiger charge is 2.39. The Bertz CT molecular complexity index is 822. The van der Waals surface area contributed by atoms with Gasteiger partial charge in [0.2, 0.25) is 0 Å². The molecular formula is C15H19N7O2. The Morgan fingerprint density at radius 3 is 2.92 bits per heavy atom. The standard InChI is InChI=1S/C15H19N7O2/c1-20-7-3-10(18-20)12-11-9(4-8-21(12)15(16)24)19-22-6-2-5-17-14(23)13(11)22/h3,7,12H,2,4-6,8H2,1H3,(H2,16,24)(H,17,23). The van der Waals surface area contributed by atoms with E-state index >= 15 is 0 Å². The first-order valence-corrected chi connectivity index (χ1v) is 7.99. The maximum atomic E-state index is 12.6. The average Bonchev–Trinajstić information content (AvgIpc) is 3.08. The van der Waals surface area contributed by atoms with Gasteiger partial charge in [0, 0.05) is 44.9 Å². The van der Waals surface area contributed by atoms with Crippen molar-refractivity contribution in [1.82, 2.24) is 29.8 Å². The molecule has 2 aliphatic heterocycles. The fraction of sp³-hybridized carbons (Fsp3) is 0.467. The molecule has 4 heterocycles. The van der Waals surface area contributed by atoms with Crippen LogP contribution in [0, 0.1) is 0 Å². The number of primary amides is 1. The van der Waals surface area contributed by atoms with Crippen LogP contribution >= 0.6 is 0 Å². The molecule has 1 unspecified atom stereocenters. The van der Waals surface area contributed by atoms with Gasteiger partial charge >= 0.3 is 6.03 Å². The highest BCUT2D eigenvalue weighted by atomic mass is 16.2. The molecule has 0 aromatic carbocycles. The molecule has 3 N–H and O–H groups in total. The molecule has 0 saturated carbocycles. The number of urea groups is 1. The van der Waals surface area contributed by atoms with Crippen LogP contribution in [0.15, 0.2) is 12.3 Å². The van der Waals surface area contributed by atoms with Crippen molar-refractivity contribution >= 4 is 11.9 Å². The molecule has 126 valence electrons. The van der Waals surface area contributed by atoms with E-state index < -0.39 is 12.1 Å². The lowest BCUT2D eigenvalue weighted by atomic mass is 9.93. The Balaban J connectivity index is 1.92. The van der Waals surface area contributed by atoms with Crippen molar-refractivity contribution in [3.63, 3.8) is 0 Å². The highest BCUT2D eigenvalue weighted by molar-refractivity contribution is 5.95. The lowest BCUT2D eigenvalue weighted by molar-refractivity contribution is 0.0947. The van der Waals surface area contributed by atoms with Crippen molar-refractivity contribution in [3.8, 4) is 0 Å². The van der Waals surface area contributed by atoms with Crippen molar-refractivity contribution in [2.24, 2.45) is 12.8 Å². The molecule has 3 amide bonds. The first kappa shape index (κ1) is 14.7. The number of nitrogens with one attached hydrogen (secondary N) is 1. The van der Waals surface area contributed by atoms with Crippen LogP contribution in [0.5, 0.6) is 0 Å². The number of nitrogens with zero attached hydrogens (tertiary/aromatic N) is 5. The first-order valence-electron chi connectivity index (χ1n) is 7.99. The zero-order valence-corrected chi connectivity index (χ0v) is 13.4. The molecule has 2 aromatic rings. The van der Waals surface area contributed by atoms with Crippen molar-refractivity contribution in [2.45, 2.75) is 25.4 Å². The van der Waals surface area contributed by atoms with Gasteiger partial charge in [-0.3, -0.25) is 14.2 Å². The number of amides is 3. The monoisotopic (exact) mass is 329 g/mol. The lowest BCUT2D eigenvalue weighted by Gasteiger charge is -2.33. The summed E-state index contributed by atoms with van der Waals surface area (Å²) in [6.45, 7) is 1.75. The molecule has 0 fully saturated rings. The van der Waals surface area contributed by atoms with Crippen LogP contribution in [0.2, 0.25) is 0 Å². The van der Waals surface area contributed by atoms with E-state index in [0.29, 0.717) is 37.4 Å². The third-order valence-electron chi connectivity index (χ3n) is 4.58. The van der Waals surface area contributed by atoms with Gasteiger partial charge < -0.3 is 16.0 Å². The Labute approximate surface area is 138 Å². The zero-order chi connectivity index (χ0) is 16.8. The van der Waals surface area contributed by atoms with E-state index in [-0.39, 0.29) is 5.91 Å². The summed E-state index contributed by atoms with van der Waals surface area (Å²) in [5, 5.41) is 12.0. The number of rotatable bonds is 1. The largest absolute Gasteiger partial charge is 0.351 e. The average molecular weight is 329 g/mol. The minimum Gasteiger partial charge on any atom is -0.351 e. The van der Waals surface area contributed by atoms with Crippen molar-refractivity contribution < 1.29 is 9.59 Å². The minimum absolute atomic E-state index is 0.159. The fourth-order valence-corrected chi connectivity index (χ4v) is 3.55. The minimum atomic E-state index is -0.523. The molecule has 0 radical (unpaired) electrons. The zero-order valence-electron chi connectivity index (χ0n) is 13.4. The summed E-state index contributed by atoms with van der Waals surface area (Å²) in [4.78, 5) is 26.1. The van der Waals surface area contributed by atoms with Crippen molar-refractivity contribution in [2.75, 3.05) is 13.1 Å². The van der Waals surface area contributed by atoms with E-state index in [0.717, 1.165) is 17.7 Å². The number of aryl methyl sites for hydroxylation is 2. The third-order valence-corrected chi connectivity index (χ3v) is 4.58. The molecule has 0 aliphatic carbocycles. The van der Waals surface area contributed by atoms with Crippen LogP contribution in [0.3, 0.4) is 0 Å². The Hall–Kier alpha value is -2.84. The second-order valence-corrected chi connectivity index (χ2v) is 6.14. The lowest BCUT2D eigenvalue weighted by Crippen LogP contribution is -2.44. The van der Waals surface area contributed by atoms with Crippen LogP contribution in [0.1, 0.15) is 39.9 Å². The first-order chi connectivity index (χ1) is 11.6. The topological polar surface area (TPSA) is 111 Å². The van der Waals surface area contributed by atoms with Crippen LogP contribution < -0.4 is 11.1 Å². The number of hydrogen-bond acceptors (Lipinski definition) is 4. The molecule has 0 saturated heterocycles. The molecule has 24 heavy (non-hydrogen) atoms. The summed E-state index contributed by atoms with van der Waals surface area (Å²) in [7, 11) is 1.81. The normalized spacial score (nSPS) is 20.1. The number of carbonyl (C=O) groups is 2. The smallest absolute Gasteiger partial charge is 0.315 e. The Kier molecular flexibility index (Phi) is 3.29. The Morgan fingerprint density at radius 1 is 1.38 bits per heavy atom. The summed E-state index contributed by atoms with van der Waals surface area (Å²) in [5.41, 5.74) is 8.39. The van der Waals surface area contributed by atoms with Gasteiger partial charge in [0.1, 0.15) is 11.7 Å². The van der Waals surface area contributed by atoms with Crippen LogP contribution in [0.25, 0.3) is 0 Å². The molecule has 0 bridgehead atoms. The van der Waals surface area contributed by atoms with Gasteiger partial charge in [-0.2, -0.15) is 10.2 Å². The number of aromatic nitrogens is 4.